The van der Waals surface area contributed by atoms with E-state index in [2.05, 4.69) is 31.1 Å². The van der Waals surface area contributed by atoms with E-state index < -0.39 is 0 Å². The average molecular weight is 449 g/mol. The first-order valence-electron chi connectivity index (χ1n) is 10.4. The van der Waals surface area contributed by atoms with Crippen molar-refractivity contribution in [2.45, 2.75) is 32.6 Å². The van der Waals surface area contributed by atoms with E-state index in [4.69, 9.17) is 20.8 Å². The maximum Gasteiger partial charge on any atom is 0.262 e. The van der Waals surface area contributed by atoms with Gasteiger partial charge in [0.05, 0.1) is 0 Å². The number of halogens is 1. The van der Waals surface area contributed by atoms with E-state index in [-0.39, 0.29) is 17.9 Å². The minimum Gasteiger partial charge on any atom is -0.484 e. The number of oxazole rings is 1. The third-order valence-electron chi connectivity index (χ3n) is 5.07. The fourth-order valence-electron chi connectivity index (χ4n) is 3.30. The highest BCUT2D eigenvalue weighted by Crippen LogP contribution is 2.25. The zero-order chi connectivity index (χ0) is 22.7. The Morgan fingerprint density at radius 1 is 1.03 bits per heavy atom. The largest absolute Gasteiger partial charge is 0.484 e. The first kappa shape index (κ1) is 21.9. The van der Waals surface area contributed by atoms with Crippen LogP contribution in [0, 0.1) is 0 Å². The number of rotatable bonds is 6. The maximum absolute atomic E-state index is 12.3. The topological polar surface area (TPSA) is 64.4 Å². The van der Waals surface area contributed by atoms with Gasteiger partial charge in [0.25, 0.3) is 5.91 Å². The van der Waals surface area contributed by atoms with Crippen LogP contribution in [0.15, 0.2) is 71.1 Å². The normalized spacial score (nSPS) is 11.5. The molecule has 4 aromatic rings. The van der Waals surface area contributed by atoms with Crippen molar-refractivity contribution < 1.29 is 13.9 Å². The number of amides is 1. The highest BCUT2D eigenvalue weighted by Gasteiger charge is 2.13. The number of carbonyl (C=O) groups excluding carboxylic acids is 1. The van der Waals surface area contributed by atoms with Gasteiger partial charge in [0.15, 0.2) is 18.1 Å². The van der Waals surface area contributed by atoms with Crippen LogP contribution in [0.4, 0.5) is 5.69 Å². The van der Waals surface area contributed by atoms with E-state index in [1.165, 1.54) is 5.56 Å². The molecule has 0 aliphatic carbocycles. The van der Waals surface area contributed by atoms with E-state index in [1.807, 2.05) is 48.5 Å². The summed E-state index contributed by atoms with van der Waals surface area (Å²) in [6.07, 6.45) is 0.565. The van der Waals surface area contributed by atoms with Gasteiger partial charge in [-0.15, -0.1) is 0 Å². The summed E-state index contributed by atoms with van der Waals surface area (Å²) in [5, 5.41) is 3.54. The molecular weight excluding hydrogens is 424 g/mol. The summed E-state index contributed by atoms with van der Waals surface area (Å²) in [6.45, 7) is 6.39. The van der Waals surface area contributed by atoms with Crippen molar-refractivity contribution in [3.05, 3.63) is 88.8 Å². The number of aromatic nitrogens is 1. The highest BCUT2D eigenvalue weighted by atomic mass is 35.5. The number of benzene rings is 3. The molecule has 6 heteroatoms. The van der Waals surface area contributed by atoms with Gasteiger partial charge in [-0.3, -0.25) is 4.79 Å². The monoisotopic (exact) mass is 448 g/mol. The number of nitrogens with zero attached hydrogens (tertiary/aromatic N) is 1. The fraction of sp³-hybridized carbons (Fsp3) is 0.231. The first-order valence-corrected chi connectivity index (χ1v) is 10.8. The minimum atomic E-state index is -0.242. The lowest BCUT2D eigenvalue weighted by molar-refractivity contribution is -0.118. The van der Waals surface area contributed by atoms with Crippen molar-refractivity contribution in [2.75, 3.05) is 11.9 Å². The third-order valence-corrected chi connectivity index (χ3v) is 5.33. The Bertz CT molecular complexity index is 1220. The molecule has 0 atom stereocenters. The number of nitrogens with one attached hydrogen (secondary N) is 1. The highest BCUT2D eigenvalue weighted by molar-refractivity contribution is 6.30. The summed E-state index contributed by atoms with van der Waals surface area (Å²) >= 11 is 5.94. The fourth-order valence-corrected chi connectivity index (χ4v) is 3.43. The second-order valence-electron chi connectivity index (χ2n) is 8.70. The van der Waals surface area contributed by atoms with Gasteiger partial charge in [-0.25, -0.2) is 4.98 Å². The summed E-state index contributed by atoms with van der Waals surface area (Å²) in [5.74, 6) is 1.02. The van der Waals surface area contributed by atoms with E-state index in [0.29, 0.717) is 39.9 Å². The number of carbonyl (C=O) groups is 1. The molecule has 0 bridgehead atoms. The van der Waals surface area contributed by atoms with E-state index in [0.717, 1.165) is 5.56 Å². The minimum absolute atomic E-state index is 0.0738. The smallest absolute Gasteiger partial charge is 0.262 e. The van der Waals surface area contributed by atoms with Crippen LogP contribution < -0.4 is 10.1 Å². The third kappa shape index (κ3) is 5.48. The Labute approximate surface area is 192 Å². The molecule has 0 aliphatic rings. The van der Waals surface area contributed by atoms with Crippen molar-refractivity contribution in [3.63, 3.8) is 0 Å². The predicted molar refractivity (Wildman–Crippen MR) is 128 cm³/mol. The predicted octanol–water partition coefficient (Wildman–Crippen LogP) is 6.39. The summed E-state index contributed by atoms with van der Waals surface area (Å²) in [7, 11) is 0. The van der Waals surface area contributed by atoms with Crippen LogP contribution >= 0.6 is 11.6 Å². The molecule has 0 aliphatic heterocycles. The van der Waals surface area contributed by atoms with Gasteiger partial charge >= 0.3 is 0 Å². The average Bonchev–Trinajstić information content (AvgIpc) is 3.15. The Kier molecular flexibility index (Phi) is 6.19. The Morgan fingerprint density at radius 2 is 1.75 bits per heavy atom. The number of fused-ring (bicyclic) bond motifs is 1. The standard InChI is InChI=1S/C26H25ClN2O3/c1-26(2,3)18-6-11-21(12-7-18)31-16-24(30)28-20-10-13-23-22(15-20)29-25(32-23)14-17-4-8-19(27)9-5-17/h4-13,15H,14,16H2,1-3H3,(H,28,30). The molecule has 0 saturated heterocycles. The zero-order valence-electron chi connectivity index (χ0n) is 18.3. The van der Waals surface area contributed by atoms with Gasteiger partial charge in [0.1, 0.15) is 11.3 Å². The molecule has 0 fully saturated rings. The van der Waals surface area contributed by atoms with Gasteiger partial charge in [0.2, 0.25) is 0 Å². The lowest BCUT2D eigenvalue weighted by Gasteiger charge is -2.19. The van der Waals surface area contributed by atoms with Crippen molar-refractivity contribution in [1.29, 1.82) is 0 Å². The van der Waals surface area contributed by atoms with Crippen LogP contribution in [-0.2, 0) is 16.6 Å². The van der Waals surface area contributed by atoms with E-state index in [9.17, 15) is 4.79 Å². The van der Waals surface area contributed by atoms with Crippen molar-refractivity contribution >= 4 is 34.3 Å². The van der Waals surface area contributed by atoms with Crippen LogP contribution in [0.3, 0.4) is 0 Å². The summed E-state index contributed by atoms with van der Waals surface area (Å²) < 4.78 is 11.4. The Hall–Kier alpha value is -3.31. The molecule has 1 heterocycles. The molecule has 5 nitrogen and oxygen atoms in total. The maximum atomic E-state index is 12.3. The summed E-state index contributed by atoms with van der Waals surface area (Å²) in [6, 6.07) is 20.8. The second-order valence-corrected chi connectivity index (χ2v) is 9.14. The molecule has 1 amide bonds. The number of anilines is 1. The first-order chi connectivity index (χ1) is 15.3. The van der Waals surface area contributed by atoms with Gasteiger partial charge in [-0.2, -0.15) is 0 Å². The van der Waals surface area contributed by atoms with Crippen LogP contribution in [0.1, 0.15) is 37.8 Å². The van der Waals surface area contributed by atoms with E-state index >= 15 is 0 Å². The lowest BCUT2D eigenvalue weighted by Crippen LogP contribution is -2.20. The molecule has 0 unspecified atom stereocenters. The van der Waals surface area contributed by atoms with Gasteiger partial charge < -0.3 is 14.5 Å². The van der Waals surface area contributed by atoms with Crippen LogP contribution in [-0.4, -0.2) is 17.5 Å². The molecule has 1 N–H and O–H groups in total. The number of hydrogen-bond acceptors (Lipinski definition) is 4. The quantitative estimate of drug-likeness (QED) is 0.371. The molecule has 32 heavy (non-hydrogen) atoms. The van der Waals surface area contributed by atoms with Gasteiger partial charge in [-0.1, -0.05) is 56.6 Å². The van der Waals surface area contributed by atoms with E-state index in [1.54, 1.807) is 18.2 Å². The number of hydrogen-bond donors (Lipinski definition) is 1. The molecule has 3 aromatic carbocycles. The van der Waals surface area contributed by atoms with Gasteiger partial charge in [-0.05, 0) is 59.0 Å². The zero-order valence-corrected chi connectivity index (χ0v) is 19.1. The molecule has 0 saturated carbocycles. The van der Waals surface area contributed by atoms with Crippen LogP contribution in [0.2, 0.25) is 5.02 Å². The van der Waals surface area contributed by atoms with Crippen molar-refractivity contribution in [2.24, 2.45) is 0 Å². The lowest BCUT2D eigenvalue weighted by atomic mass is 9.87. The van der Waals surface area contributed by atoms with Gasteiger partial charge in [0, 0.05) is 17.1 Å². The van der Waals surface area contributed by atoms with Crippen molar-refractivity contribution in [3.8, 4) is 5.75 Å². The molecule has 0 spiro atoms. The summed E-state index contributed by atoms with van der Waals surface area (Å²) in [4.78, 5) is 16.9. The molecule has 1 aromatic heterocycles. The SMILES string of the molecule is CC(C)(C)c1ccc(OCC(=O)Nc2ccc3oc(Cc4ccc(Cl)cc4)nc3c2)cc1. The Balaban J connectivity index is 1.36. The van der Waals surface area contributed by atoms with Crippen LogP contribution in [0.5, 0.6) is 5.75 Å². The second kappa shape index (κ2) is 9.05. The molecular formula is C26H25ClN2O3. The molecule has 0 radical (unpaired) electrons. The molecule has 4 rings (SSSR count). The summed E-state index contributed by atoms with van der Waals surface area (Å²) in [5.41, 5.74) is 4.34. The van der Waals surface area contributed by atoms with Crippen molar-refractivity contribution in [1.82, 2.24) is 4.98 Å². The molecule has 164 valence electrons. The van der Waals surface area contributed by atoms with Crippen LogP contribution in [0.25, 0.3) is 11.1 Å². The number of ether oxygens (including phenoxy) is 1. The Morgan fingerprint density at radius 3 is 2.44 bits per heavy atom.